The van der Waals surface area contributed by atoms with Gasteiger partial charge >= 0.3 is 11.9 Å². The summed E-state index contributed by atoms with van der Waals surface area (Å²) in [6.45, 7) is 4.34. The highest BCUT2D eigenvalue weighted by atomic mass is 16.6. The zero-order valence-corrected chi connectivity index (χ0v) is 41.1. The lowest BCUT2D eigenvalue weighted by molar-refractivity contribution is -0.889. The number of likely N-dealkylation sites (N-methyl/N-ethyl adjacent to an activating group) is 1. The number of hydrogen-bond acceptors (Lipinski definition) is 7. The number of aliphatic carboxylic acids is 1. The molecule has 0 fully saturated rings. The number of carbonyl (C=O) groups is 3. The molecule has 0 aliphatic carbocycles. The van der Waals surface area contributed by atoms with E-state index in [9.17, 15) is 19.5 Å². The van der Waals surface area contributed by atoms with Gasteiger partial charge in [-0.15, -0.1) is 0 Å². The van der Waals surface area contributed by atoms with Gasteiger partial charge in [0.2, 0.25) is 0 Å². The summed E-state index contributed by atoms with van der Waals surface area (Å²) in [4.78, 5) is 37.0. The van der Waals surface area contributed by atoms with Crippen LogP contribution < -0.4 is 5.11 Å². The third kappa shape index (κ3) is 44.2. The van der Waals surface area contributed by atoms with Crippen LogP contribution >= 0.6 is 0 Å². The van der Waals surface area contributed by atoms with Gasteiger partial charge in [-0.25, -0.2) is 0 Å². The summed E-state index contributed by atoms with van der Waals surface area (Å²) in [5.41, 5.74) is 0. The number of carboxylic acids is 1. The first-order chi connectivity index (χ1) is 31.6. The van der Waals surface area contributed by atoms with Crippen LogP contribution in [0.3, 0.4) is 0 Å². The second-order valence-electron chi connectivity index (χ2n) is 16.7. The van der Waals surface area contributed by atoms with Crippen LogP contribution in [0.2, 0.25) is 0 Å². The summed E-state index contributed by atoms with van der Waals surface area (Å²) in [5, 5.41) is 11.7. The molecule has 2 unspecified atom stereocenters. The quantitative estimate of drug-likeness (QED) is 0.0198. The minimum Gasteiger partial charge on any atom is -0.544 e. The number of quaternary nitrogens is 1. The molecule has 0 saturated heterocycles. The highest BCUT2D eigenvalue weighted by Crippen LogP contribution is 2.11. The van der Waals surface area contributed by atoms with Crippen LogP contribution in [-0.2, 0) is 28.6 Å². The van der Waals surface area contributed by atoms with Crippen molar-refractivity contribution in [2.45, 2.75) is 154 Å². The van der Waals surface area contributed by atoms with Crippen molar-refractivity contribution in [2.24, 2.45) is 0 Å². The van der Waals surface area contributed by atoms with Gasteiger partial charge in [-0.1, -0.05) is 185 Å². The van der Waals surface area contributed by atoms with Gasteiger partial charge in [0.05, 0.1) is 40.3 Å². The summed E-state index contributed by atoms with van der Waals surface area (Å²) >= 11 is 0. The van der Waals surface area contributed by atoms with Gasteiger partial charge in [0.1, 0.15) is 12.6 Å². The Kier molecular flexibility index (Phi) is 42.4. The number of hydrogen-bond donors (Lipinski definition) is 0. The van der Waals surface area contributed by atoms with E-state index >= 15 is 0 Å². The van der Waals surface area contributed by atoms with Crippen molar-refractivity contribution in [3.05, 3.63) is 146 Å². The molecule has 0 N–H and O–H groups in total. The molecular weight excluding hydrogens is 811 g/mol. The predicted octanol–water partition coefficient (Wildman–Crippen LogP) is 12.8. The summed E-state index contributed by atoms with van der Waals surface area (Å²) in [7, 11) is 5.36. The van der Waals surface area contributed by atoms with Gasteiger partial charge in [0.15, 0.2) is 6.10 Å². The molecule has 0 aromatic rings. The molecule has 0 heterocycles. The summed E-state index contributed by atoms with van der Waals surface area (Å²) in [5.74, 6) is -1.87. The first kappa shape index (κ1) is 60.2. The van der Waals surface area contributed by atoms with Crippen LogP contribution in [0.4, 0.5) is 0 Å². The number of allylic oxidation sites excluding steroid dienone is 24. The predicted molar refractivity (Wildman–Crippen MR) is 272 cm³/mol. The van der Waals surface area contributed by atoms with Crippen molar-refractivity contribution in [2.75, 3.05) is 41.0 Å². The van der Waals surface area contributed by atoms with Gasteiger partial charge in [0.25, 0.3) is 0 Å². The second-order valence-corrected chi connectivity index (χ2v) is 16.7. The summed E-state index contributed by atoms with van der Waals surface area (Å²) < 4.78 is 17.1. The van der Waals surface area contributed by atoms with Crippen LogP contribution in [0.25, 0.3) is 0 Å². The van der Waals surface area contributed by atoms with E-state index in [-0.39, 0.29) is 49.1 Å². The molecular formula is C57H87NO7. The number of unbranched alkanes of at least 4 members (excludes halogenated alkanes) is 7. The average molecular weight is 898 g/mol. The van der Waals surface area contributed by atoms with E-state index in [2.05, 4.69) is 123 Å². The van der Waals surface area contributed by atoms with Crippen LogP contribution in [0.1, 0.15) is 142 Å². The Hall–Kier alpha value is -4.79. The fourth-order valence-electron chi connectivity index (χ4n) is 6.09. The van der Waals surface area contributed by atoms with Gasteiger partial charge in [-0.05, 0) is 83.5 Å². The lowest BCUT2D eigenvalue weighted by atomic mass is 10.1. The molecule has 0 rings (SSSR count). The Balaban J connectivity index is 4.49. The lowest BCUT2D eigenvalue weighted by Gasteiger charge is -2.34. The third-order valence-corrected chi connectivity index (χ3v) is 9.82. The first-order valence-corrected chi connectivity index (χ1v) is 24.4. The number of carbonyl (C=O) groups excluding carboxylic acids is 3. The Morgan fingerprint density at radius 1 is 0.492 bits per heavy atom. The van der Waals surface area contributed by atoms with Crippen molar-refractivity contribution >= 4 is 17.9 Å². The number of rotatable bonds is 41. The molecule has 0 spiro atoms. The SMILES string of the molecule is CC/C=C/C/C=C/C/C=C/C/C=C/C/C=C/C/C=C/C/C=C/CCCC(=O)OC(COCCC(C(=O)[O-])[N+](C)(C)C)COC(=O)CCCCCCC/C=C/C=C/C=C/C=C/C=C/CCC. The van der Waals surface area contributed by atoms with Crippen molar-refractivity contribution in [1.82, 2.24) is 0 Å². The third-order valence-electron chi connectivity index (χ3n) is 9.82. The Labute approximate surface area is 395 Å². The highest BCUT2D eigenvalue weighted by Gasteiger charge is 2.25. The summed E-state index contributed by atoms with van der Waals surface area (Å²) in [6, 6.07) is -0.752. The Morgan fingerprint density at radius 3 is 1.45 bits per heavy atom. The maximum atomic E-state index is 12.8. The number of carboxylic acid groups (broad SMARTS) is 1. The standard InChI is InChI=1S/C57H87NO7/c1-6-8-10-12-14-16-18-20-22-24-26-27-28-29-30-32-34-36-38-40-42-44-46-48-56(60)65-53(51-63-50-49-54(57(61)62)58(3,4)5)52-64-55(59)47-45-43-41-39-37-35-33-31-25-23-21-19-17-15-13-11-9-7-2/h8,10-11,13-17,19-23,25-27,29-31,33-34,36,40,42,53-54H,6-7,9,12,18,24,28,32,35,37-39,41,43-52H2,1-5H3/b10-8+,13-11+,16-14+,17-15+,21-19+,22-20+,25-23+,27-26+,30-29+,33-31+,36-34+,42-40+. The Morgan fingerprint density at radius 2 is 0.938 bits per heavy atom. The largest absolute Gasteiger partial charge is 0.544 e. The smallest absolute Gasteiger partial charge is 0.306 e. The molecule has 2 atom stereocenters. The molecule has 65 heavy (non-hydrogen) atoms. The minimum absolute atomic E-state index is 0.00290. The average Bonchev–Trinajstić information content (AvgIpc) is 3.27. The minimum atomic E-state index is -1.15. The molecule has 0 aromatic heterocycles. The van der Waals surface area contributed by atoms with Crippen LogP contribution in [0, 0.1) is 0 Å². The van der Waals surface area contributed by atoms with E-state index in [4.69, 9.17) is 14.2 Å². The van der Waals surface area contributed by atoms with Crippen molar-refractivity contribution < 1.29 is 38.2 Å². The monoisotopic (exact) mass is 898 g/mol. The Bertz CT molecular complexity index is 1560. The molecule has 362 valence electrons. The summed E-state index contributed by atoms with van der Waals surface area (Å²) in [6.07, 6.45) is 67.3. The zero-order chi connectivity index (χ0) is 47.7. The molecule has 0 aromatic carbocycles. The van der Waals surface area contributed by atoms with Gasteiger partial charge in [0, 0.05) is 19.3 Å². The maximum absolute atomic E-state index is 12.8. The molecule has 0 radical (unpaired) electrons. The maximum Gasteiger partial charge on any atom is 0.306 e. The van der Waals surface area contributed by atoms with Crippen LogP contribution in [0.5, 0.6) is 0 Å². The van der Waals surface area contributed by atoms with E-state index in [1.165, 1.54) is 6.42 Å². The number of esters is 2. The van der Waals surface area contributed by atoms with Crippen molar-refractivity contribution in [1.29, 1.82) is 0 Å². The second kappa shape index (κ2) is 45.8. The molecule has 8 nitrogen and oxygen atoms in total. The normalized spacial score (nSPS) is 14.2. The zero-order valence-electron chi connectivity index (χ0n) is 41.1. The van der Waals surface area contributed by atoms with Crippen LogP contribution in [0.15, 0.2) is 146 Å². The molecule has 0 aliphatic heterocycles. The van der Waals surface area contributed by atoms with E-state index < -0.39 is 18.1 Å². The molecule has 8 heteroatoms. The molecule has 0 amide bonds. The van der Waals surface area contributed by atoms with E-state index in [0.29, 0.717) is 12.8 Å². The van der Waals surface area contributed by atoms with Crippen LogP contribution in [-0.4, -0.2) is 75.5 Å². The number of ether oxygens (including phenoxy) is 3. The topological polar surface area (TPSA) is 102 Å². The highest BCUT2D eigenvalue weighted by molar-refractivity contribution is 5.70. The fraction of sp³-hybridized carbons (Fsp3) is 0.526. The molecule has 0 aliphatic rings. The van der Waals surface area contributed by atoms with Crippen molar-refractivity contribution in [3.63, 3.8) is 0 Å². The van der Waals surface area contributed by atoms with Gasteiger partial charge in [-0.2, -0.15) is 0 Å². The van der Waals surface area contributed by atoms with Crippen molar-refractivity contribution in [3.8, 4) is 0 Å². The van der Waals surface area contributed by atoms with Gasteiger partial charge in [-0.3, -0.25) is 9.59 Å². The van der Waals surface area contributed by atoms with E-state index in [1.807, 2.05) is 36.5 Å². The van der Waals surface area contributed by atoms with Gasteiger partial charge < -0.3 is 28.6 Å². The first-order valence-electron chi connectivity index (χ1n) is 24.4. The number of nitrogens with zero attached hydrogens (tertiary/aromatic N) is 1. The molecule has 0 bridgehead atoms. The van der Waals surface area contributed by atoms with E-state index in [0.717, 1.165) is 96.3 Å². The lowest BCUT2D eigenvalue weighted by Crippen LogP contribution is -2.55. The fourth-order valence-corrected chi connectivity index (χ4v) is 6.09. The molecule has 0 saturated carbocycles. The van der Waals surface area contributed by atoms with E-state index in [1.54, 1.807) is 21.1 Å².